The van der Waals surface area contributed by atoms with E-state index in [4.69, 9.17) is 0 Å². The van der Waals surface area contributed by atoms with E-state index >= 15 is 0 Å². The lowest BCUT2D eigenvalue weighted by molar-refractivity contribution is -0.145. The quantitative estimate of drug-likeness (QED) is 0.433. The molecule has 1 aromatic carbocycles. The van der Waals surface area contributed by atoms with Gasteiger partial charge in [0.05, 0.1) is 21.3 Å². The first-order valence-corrected chi connectivity index (χ1v) is 12.2. The lowest BCUT2D eigenvalue weighted by Gasteiger charge is -2.24. The molecule has 1 saturated carbocycles. The molecule has 9 nitrogen and oxygen atoms in total. The van der Waals surface area contributed by atoms with E-state index in [0.717, 1.165) is 34.5 Å². The van der Waals surface area contributed by atoms with E-state index in [2.05, 4.69) is 37.8 Å². The zero-order valence-electron chi connectivity index (χ0n) is 18.2. The van der Waals surface area contributed by atoms with E-state index in [-0.39, 0.29) is 12.1 Å². The van der Waals surface area contributed by atoms with Crippen LogP contribution in [0.2, 0.25) is 0 Å². The summed E-state index contributed by atoms with van der Waals surface area (Å²) in [6, 6.07) is 6.16. The SMILES string of the molecule is CN(C(=O)Nc1ncc(SCC(C)(C)C(=O)O)s1)C1CCC(c2ccc3[nH]nnc3c2)C1. The summed E-state index contributed by atoms with van der Waals surface area (Å²) in [5.41, 5.74) is 2.19. The number of carboxylic acid groups (broad SMARTS) is 1. The molecule has 3 N–H and O–H groups in total. The lowest BCUT2D eigenvalue weighted by Crippen LogP contribution is -2.38. The third-order valence-electron chi connectivity index (χ3n) is 5.95. The van der Waals surface area contributed by atoms with E-state index in [1.807, 2.05) is 13.1 Å². The highest BCUT2D eigenvalue weighted by atomic mass is 32.2. The van der Waals surface area contributed by atoms with Crippen LogP contribution in [-0.4, -0.2) is 61.2 Å². The Hall–Kier alpha value is -2.66. The first-order chi connectivity index (χ1) is 15.2. The molecule has 1 fully saturated rings. The summed E-state index contributed by atoms with van der Waals surface area (Å²) in [4.78, 5) is 30.1. The van der Waals surface area contributed by atoms with Gasteiger partial charge in [0.1, 0.15) is 5.52 Å². The maximum absolute atomic E-state index is 12.8. The van der Waals surface area contributed by atoms with Crippen molar-refractivity contribution in [3.8, 4) is 0 Å². The average molecular weight is 475 g/mol. The topological polar surface area (TPSA) is 124 Å². The molecular weight excluding hydrogens is 448 g/mol. The van der Waals surface area contributed by atoms with Crippen LogP contribution >= 0.6 is 23.1 Å². The van der Waals surface area contributed by atoms with E-state index < -0.39 is 11.4 Å². The Balaban J connectivity index is 1.31. The molecule has 3 aromatic rings. The van der Waals surface area contributed by atoms with Gasteiger partial charge in [-0.25, -0.2) is 9.78 Å². The van der Waals surface area contributed by atoms with Crippen molar-refractivity contribution in [2.45, 2.75) is 49.3 Å². The third-order valence-corrected chi connectivity index (χ3v) is 8.51. The van der Waals surface area contributed by atoms with Crippen LogP contribution in [-0.2, 0) is 4.79 Å². The van der Waals surface area contributed by atoms with E-state index in [1.165, 1.54) is 28.7 Å². The molecule has 2 amide bonds. The summed E-state index contributed by atoms with van der Waals surface area (Å²) >= 11 is 2.79. The number of hydrogen-bond donors (Lipinski definition) is 3. The number of carbonyl (C=O) groups excluding carboxylic acids is 1. The van der Waals surface area contributed by atoms with Crippen LogP contribution in [0.1, 0.15) is 44.6 Å². The van der Waals surface area contributed by atoms with Gasteiger partial charge >= 0.3 is 12.0 Å². The van der Waals surface area contributed by atoms with Crippen LogP contribution in [0.25, 0.3) is 11.0 Å². The van der Waals surface area contributed by atoms with Gasteiger partial charge in [-0.3, -0.25) is 15.2 Å². The normalized spacial score (nSPS) is 18.7. The van der Waals surface area contributed by atoms with Gasteiger partial charge in [0.25, 0.3) is 0 Å². The van der Waals surface area contributed by atoms with Crippen molar-refractivity contribution in [2.75, 3.05) is 18.1 Å². The molecule has 0 aliphatic heterocycles. The smallest absolute Gasteiger partial charge is 0.323 e. The Kier molecular flexibility index (Phi) is 6.38. The number of carboxylic acids is 1. The molecule has 1 aliphatic rings. The van der Waals surface area contributed by atoms with Gasteiger partial charge in [-0.15, -0.1) is 16.9 Å². The van der Waals surface area contributed by atoms with E-state index in [0.29, 0.717) is 16.8 Å². The summed E-state index contributed by atoms with van der Waals surface area (Å²) in [5, 5.41) is 23.4. The largest absolute Gasteiger partial charge is 0.481 e. The summed E-state index contributed by atoms with van der Waals surface area (Å²) in [7, 11) is 1.82. The van der Waals surface area contributed by atoms with Crippen molar-refractivity contribution in [3.05, 3.63) is 30.0 Å². The first kappa shape index (κ1) is 22.5. The number of urea groups is 1. The minimum Gasteiger partial charge on any atom is -0.481 e. The molecule has 32 heavy (non-hydrogen) atoms. The average Bonchev–Trinajstić information content (AvgIpc) is 3.51. The van der Waals surface area contributed by atoms with Crippen LogP contribution in [0.15, 0.2) is 28.6 Å². The van der Waals surface area contributed by atoms with Gasteiger partial charge in [0.2, 0.25) is 0 Å². The number of rotatable bonds is 7. The molecule has 2 heterocycles. The molecule has 2 atom stereocenters. The number of thioether (sulfide) groups is 1. The summed E-state index contributed by atoms with van der Waals surface area (Å²) < 4.78 is 0.876. The number of H-pyrrole nitrogens is 1. The number of aromatic nitrogens is 4. The zero-order chi connectivity index (χ0) is 22.9. The molecule has 4 rings (SSSR count). The number of benzene rings is 1. The van der Waals surface area contributed by atoms with Crippen LogP contribution < -0.4 is 5.32 Å². The fourth-order valence-corrected chi connectivity index (χ4v) is 5.71. The fraction of sp³-hybridized carbons (Fsp3) is 0.476. The fourth-order valence-electron chi connectivity index (χ4n) is 3.77. The van der Waals surface area contributed by atoms with Gasteiger partial charge in [0, 0.05) is 18.8 Å². The number of thiazole rings is 1. The van der Waals surface area contributed by atoms with Crippen molar-refractivity contribution in [1.29, 1.82) is 0 Å². The number of aliphatic carboxylic acids is 1. The minimum absolute atomic E-state index is 0.151. The highest BCUT2D eigenvalue weighted by molar-refractivity contribution is 8.01. The van der Waals surface area contributed by atoms with Crippen molar-refractivity contribution >= 4 is 51.3 Å². The molecule has 0 bridgehead atoms. The number of anilines is 1. The highest BCUT2D eigenvalue weighted by Crippen LogP contribution is 2.38. The molecule has 1 aliphatic carbocycles. The predicted octanol–water partition coefficient (Wildman–Crippen LogP) is 4.42. The Morgan fingerprint density at radius 1 is 1.38 bits per heavy atom. The molecule has 2 unspecified atom stereocenters. The first-order valence-electron chi connectivity index (χ1n) is 10.4. The predicted molar refractivity (Wildman–Crippen MR) is 125 cm³/mol. The number of aromatic amines is 1. The Bertz CT molecular complexity index is 1130. The van der Waals surface area contributed by atoms with Crippen molar-refractivity contribution in [2.24, 2.45) is 5.41 Å². The molecule has 0 saturated heterocycles. The number of fused-ring (bicyclic) bond motifs is 1. The highest BCUT2D eigenvalue weighted by Gasteiger charge is 2.31. The van der Waals surface area contributed by atoms with Crippen molar-refractivity contribution in [3.63, 3.8) is 0 Å². The minimum atomic E-state index is -0.833. The van der Waals surface area contributed by atoms with E-state index in [9.17, 15) is 14.7 Å². The van der Waals surface area contributed by atoms with Crippen LogP contribution in [0.4, 0.5) is 9.93 Å². The zero-order valence-corrected chi connectivity index (χ0v) is 19.8. The van der Waals surface area contributed by atoms with Crippen LogP contribution in [0.5, 0.6) is 0 Å². The Morgan fingerprint density at radius 3 is 2.97 bits per heavy atom. The van der Waals surface area contributed by atoms with Crippen molar-refractivity contribution in [1.82, 2.24) is 25.3 Å². The molecule has 170 valence electrons. The van der Waals surface area contributed by atoms with Crippen LogP contribution in [0.3, 0.4) is 0 Å². The summed E-state index contributed by atoms with van der Waals surface area (Å²) in [5.74, 6) is -0.0150. The third kappa shape index (κ3) is 4.88. The molecular formula is C21H26N6O3S2. The number of amides is 2. The van der Waals surface area contributed by atoms with Gasteiger partial charge in [-0.1, -0.05) is 22.6 Å². The second-order valence-corrected chi connectivity index (χ2v) is 11.1. The van der Waals surface area contributed by atoms with E-state index in [1.54, 1.807) is 24.9 Å². The summed E-state index contributed by atoms with van der Waals surface area (Å²) in [6.45, 7) is 3.39. The monoisotopic (exact) mass is 474 g/mol. The number of hydrogen-bond acceptors (Lipinski definition) is 7. The van der Waals surface area contributed by atoms with Gasteiger partial charge in [0.15, 0.2) is 5.13 Å². The lowest BCUT2D eigenvalue weighted by atomic mass is 9.97. The summed E-state index contributed by atoms with van der Waals surface area (Å²) in [6.07, 6.45) is 4.53. The molecule has 0 spiro atoms. The molecule has 2 aromatic heterocycles. The molecule has 11 heteroatoms. The van der Waals surface area contributed by atoms with Crippen LogP contribution in [0, 0.1) is 5.41 Å². The van der Waals surface area contributed by atoms with Gasteiger partial charge in [-0.05, 0) is 56.7 Å². The van der Waals surface area contributed by atoms with Crippen molar-refractivity contribution < 1.29 is 14.7 Å². The molecule has 0 radical (unpaired) electrons. The number of nitrogens with zero attached hydrogens (tertiary/aromatic N) is 4. The maximum atomic E-state index is 12.8. The Morgan fingerprint density at radius 2 is 2.19 bits per heavy atom. The maximum Gasteiger partial charge on any atom is 0.323 e. The standard InChI is InChI=1S/C21H26N6O3S2/c1-21(2,18(28)29)11-31-17-10-22-19(32-17)23-20(30)27(3)14-6-4-12(8-14)13-5-7-15-16(9-13)25-26-24-15/h5,7,9-10,12,14H,4,6,8,11H2,1-3H3,(H,28,29)(H,22,23,30)(H,24,25,26). The number of nitrogens with one attached hydrogen (secondary N) is 2. The Labute approximate surface area is 194 Å². The number of carbonyl (C=O) groups is 2. The second kappa shape index (κ2) is 9.07. The second-order valence-electron chi connectivity index (χ2n) is 8.76. The van der Waals surface area contributed by atoms with Gasteiger partial charge < -0.3 is 10.0 Å². The van der Waals surface area contributed by atoms with Gasteiger partial charge in [-0.2, -0.15) is 0 Å².